The van der Waals surface area contributed by atoms with Crippen molar-refractivity contribution in [2.24, 2.45) is 0 Å². The molecule has 0 spiro atoms. The molecular formula is C16H18N2O3. The zero-order chi connectivity index (χ0) is 15.1. The van der Waals surface area contributed by atoms with E-state index in [4.69, 9.17) is 9.84 Å². The van der Waals surface area contributed by atoms with Crippen LogP contribution < -0.4 is 0 Å². The zero-order valence-electron chi connectivity index (χ0n) is 12.0. The molecule has 2 aromatic rings. The Labute approximate surface area is 123 Å². The van der Waals surface area contributed by atoms with Gasteiger partial charge in [0.25, 0.3) is 0 Å². The number of nitrogens with zero attached hydrogens (tertiary/aromatic N) is 2. The van der Waals surface area contributed by atoms with E-state index in [1.165, 1.54) is 6.20 Å². The molecule has 0 aliphatic rings. The van der Waals surface area contributed by atoms with Crippen LogP contribution in [-0.4, -0.2) is 27.7 Å². The van der Waals surface area contributed by atoms with E-state index in [1.54, 1.807) is 0 Å². The molecule has 0 unspecified atom stereocenters. The Bertz CT molecular complexity index is 600. The smallest absolute Gasteiger partial charge is 0.339 e. The second-order valence-corrected chi connectivity index (χ2v) is 4.59. The normalized spacial score (nSPS) is 10.5. The van der Waals surface area contributed by atoms with Crippen LogP contribution in [0, 0.1) is 0 Å². The van der Waals surface area contributed by atoms with Gasteiger partial charge in [-0.25, -0.2) is 14.8 Å². The standard InChI is InChI=1S/C16H18N2O3/c1-2-14-13(16(19)20)10-17-15(18-14)8-9-21-11-12-6-4-3-5-7-12/h3-7,10H,2,8-9,11H2,1H3,(H,19,20). The molecule has 0 radical (unpaired) electrons. The maximum Gasteiger partial charge on any atom is 0.339 e. The van der Waals surface area contributed by atoms with Crippen LogP contribution in [0.25, 0.3) is 0 Å². The van der Waals surface area contributed by atoms with Crippen LogP contribution in [0.1, 0.15) is 34.4 Å². The van der Waals surface area contributed by atoms with Crippen molar-refractivity contribution in [2.45, 2.75) is 26.4 Å². The highest BCUT2D eigenvalue weighted by atomic mass is 16.5. The highest BCUT2D eigenvalue weighted by Gasteiger charge is 2.11. The van der Waals surface area contributed by atoms with E-state index in [2.05, 4.69) is 9.97 Å². The molecule has 21 heavy (non-hydrogen) atoms. The lowest BCUT2D eigenvalue weighted by Gasteiger charge is -2.06. The Morgan fingerprint density at radius 2 is 2.05 bits per heavy atom. The van der Waals surface area contributed by atoms with Crippen molar-refractivity contribution in [1.82, 2.24) is 9.97 Å². The highest BCUT2D eigenvalue weighted by Crippen LogP contribution is 2.07. The number of aromatic nitrogens is 2. The van der Waals surface area contributed by atoms with Crippen molar-refractivity contribution in [3.8, 4) is 0 Å². The molecule has 0 aliphatic carbocycles. The summed E-state index contributed by atoms with van der Waals surface area (Å²) in [6, 6.07) is 9.92. The minimum absolute atomic E-state index is 0.173. The summed E-state index contributed by atoms with van der Waals surface area (Å²) in [6.07, 6.45) is 2.52. The van der Waals surface area contributed by atoms with E-state index in [9.17, 15) is 4.79 Å². The largest absolute Gasteiger partial charge is 0.478 e. The fourth-order valence-electron chi connectivity index (χ4n) is 1.95. The molecule has 0 aliphatic heterocycles. The van der Waals surface area contributed by atoms with Gasteiger partial charge in [-0.1, -0.05) is 37.3 Å². The van der Waals surface area contributed by atoms with Crippen LogP contribution in [0.3, 0.4) is 0 Å². The maximum absolute atomic E-state index is 11.0. The first-order valence-electron chi connectivity index (χ1n) is 6.90. The van der Waals surface area contributed by atoms with Crippen LogP contribution in [0.15, 0.2) is 36.5 Å². The Kier molecular flexibility index (Phi) is 5.40. The summed E-state index contributed by atoms with van der Waals surface area (Å²) in [5, 5.41) is 9.02. The average molecular weight is 286 g/mol. The van der Waals surface area contributed by atoms with Crippen molar-refractivity contribution in [3.63, 3.8) is 0 Å². The predicted octanol–water partition coefficient (Wildman–Crippen LogP) is 2.50. The number of aryl methyl sites for hydroxylation is 1. The van der Waals surface area contributed by atoms with E-state index in [0.717, 1.165) is 5.56 Å². The van der Waals surface area contributed by atoms with Crippen LogP contribution in [-0.2, 0) is 24.2 Å². The summed E-state index contributed by atoms with van der Waals surface area (Å²) < 4.78 is 5.58. The summed E-state index contributed by atoms with van der Waals surface area (Å²) in [5.74, 6) is -0.372. The number of ether oxygens (including phenoxy) is 1. The lowest BCUT2D eigenvalue weighted by molar-refractivity contribution is 0.0694. The zero-order valence-corrected chi connectivity index (χ0v) is 12.0. The molecule has 1 N–H and O–H groups in total. The summed E-state index contributed by atoms with van der Waals surface area (Å²) in [7, 11) is 0. The number of carboxylic acid groups (broad SMARTS) is 1. The number of aromatic carboxylic acids is 1. The van der Waals surface area contributed by atoms with E-state index in [1.807, 2.05) is 37.3 Å². The first-order chi connectivity index (χ1) is 10.2. The van der Waals surface area contributed by atoms with Gasteiger partial charge in [0.2, 0.25) is 0 Å². The van der Waals surface area contributed by atoms with Crippen molar-refractivity contribution >= 4 is 5.97 Å². The van der Waals surface area contributed by atoms with E-state index in [-0.39, 0.29) is 5.56 Å². The molecule has 0 atom stereocenters. The van der Waals surface area contributed by atoms with Gasteiger partial charge in [0, 0.05) is 12.6 Å². The molecule has 1 aromatic carbocycles. The number of benzene rings is 1. The third kappa shape index (κ3) is 4.36. The predicted molar refractivity (Wildman–Crippen MR) is 78.2 cm³/mol. The molecule has 2 rings (SSSR count). The molecule has 0 amide bonds. The molecule has 1 aromatic heterocycles. The number of carbonyl (C=O) groups is 1. The Balaban J connectivity index is 1.87. The van der Waals surface area contributed by atoms with Gasteiger partial charge in [-0.3, -0.25) is 0 Å². The molecule has 1 heterocycles. The van der Waals surface area contributed by atoms with E-state index < -0.39 is 5.97 Å². The molecule has 5 nitrogen and oxygen atoms in total. The lowest BCUT2D eigenvalue weighted by atomic mass is 10.2. The summed E-state index contributed by atoms with van der Waals surface area (Å²) in [5.41, 5.74) is 1.86. The Morgan fingerprint density at radius 3 is 2.71 bits per heavy atom. The molecule has 0 bridgehead atoms. The first-order valence-corrected chi connectivity index (χ1v) is 6.90. The van der Waals surface area contributed by atoms with Crippen LogP contribution in [0.2, 0.25) is 0 Å². The fraction of sp³-hybridized carbons (Fsp3) is 0.312. The van der Waals surface area contributed by atoms with Crippen molar-refractivity contribution in [2.75, 3.05) is 6.61 Å². The monoisotopic (exact) mass is 286 g/mol. The van der Waals surface area contributed by atoms with Gasteiger partial charge in [-0.05, 0) is 12.0 Å². The number of hydrogen-bond acceptors (Lipinski definition) is 4. The fourth-order valence-corrected chi connectivity index (χ4v) is 1.95. The number of hydrogen-bond donors (Lipinski definition) is 1. The van der Waals surface area contributed by atoms with Gasteiger partial charge >= 0.3 is 5.97 Å². The maximum atomic E-state index is 11.0. The minimum atomic E-state index is -0.987. The molecule has 0 saturated carbocycles. The SMILES string of the molecule is CCc1nc(CCOCc2ccccc2)ncc1C(=O)O. The summed E-state index contributed by atoms with van der Waals surface area (Å²) in [4.78, 5) is 19.4. The minimum Gasteiger partial charge on any atom is -0.478 e. The van der Waals surface area contributed by atoms with Gasteiger partial charge in [-0.15, -0.1) is 0 Å². The third-order valence-corrected chi connectivity index (χ3v) is 3.06. The van der Waals surface area contributed by atoms with Gasteiger partial charge < -0.3 is 9.84 Å². The van der Waals surface area contributed by atoms with Crippen LogP contribution in [0.5, 0.6) is 0 Å². The van der Waals surface area contributed by atoms with Crippen molar-refractivity contribution < 1.29 is 14.6 Å². The second-order valence-electron chi connectivity index (χ2n) is 4.59. The third-order valence-electron chi connectivity index (χ3n) is 3.06. The summed E-state index contributed by atoms with van der Waals surface area (Å²) >= 11 is 0. The average Bonchev–Trinajstić information content (AvgIpc) is 2.52. The Morgan fingerprint density at radius 1 is 1.29 bits per heavy atom. The van der Waals surface area contributed by atoms with Gasteiger partial charge in [0.05, 0.1) is 24.5 Å². The van der Waals surface area contributed by atoms with Gasteiger partial charge in [0.1, 0.15) is 5.82 Å². The molecule has 110 valence electrons. The Hall–Kier alpha value is -2.27. The van der Waals surface area contributed by atoms with Crippen molar-refractivity contribution in [1.29, 1.82) is 0 Å². The van der Waals surface area contributed by atoms with Gasteiger partial charge in [-0.2, -0.15) is 0 Å². The number of carboxylic acids is 1. The quantitative estimate of drug-likeness (QED) is 0.792. The molecular weight excluding hydrogens is 268 g/mol. The second kappa shape index (κ2) is 7.50. The topological polar surface area (TPSA) is 72.3 Å². The van der Waals surface area contributed by atoms with Gasteiger partial charge in [0.15, 0.2) is 0 Å². The molecule has 0 saturated heterocycles. The van der Waals surface area contributed by atoms with Crippen molar-refractivity contribution in [3.05, 3.63) is 59.2 Å². The van der Waals surface area contributed by atoms with Crippen LogP contribution >= 0.6 is 0 Å². The highest BCUT2D eigenvalue weighted by molar-refractivity contribution is 5.88. The van der Waals surface area contributed by atoms with E-state index in [0.29, 0.717) is 37.6 Å². The number of rotatable bonds is 7. The van der Waals surface area contributed by atoms with E-state index >= 15 is 0 Å². The molecule has 0 fully saturated rings. The lowest BCUT2D eigenvalue weighted by Crippen LogP contribution is -2.10. The summed E-state index contributed by atoms with van der Waals surface area (Å²) in [6.45, 7) is 2.93. The van der Waals surface area contributed by atoms with Crippen LogP contribution in [0.4, 0.5) is 0 Å². The first kappa shape index (κ1) is 15.1. The molecule has 5 heteroatoms.